The summed E-state index contributed by atoms with van der Waals surface area (Å²) in [5.74, 6) is 0. The molecule has 0 amide bonds. The Morgan fingerprint density at radius 1 is 1.10 bits per heavy atom. The molecule has 0 aromatic heterocycles. The van der Waals surface area contributed by atoms with Gasteiger partial charge >= 0.3 is 0 Å². The molecule has 1 rings (SSSR count). The molecule has 20 heavy (non-hydrogen) atoms. The van der Waals surface area contributed by atoms with E-state index in [4.69, 9.17) is 11.6 Å². The van der Waals surface area contributed by atoms with E-state index in [-0.39, 0.29) is 0 Å². The van der Waals surface area contributed by atoms with Gasteiger partial charge in [0.2, 0.25) is 0 Å². The van der Waals surface area contributed by atoms with Gasteiger partial charge in [0.15, 0.2) is 0 Å². The van der Waals surface area contributed by atoms with Crippen LogP contribution in [0.2, 0.25) is 5.02 Å². The Morgan fingerprint density at radius 3 is 2.30 bits per heavy atom. The van der Waals surface area contributed by atoms with Crippen molar-refractivity contribution >= 4 is 11.6 Å². The van der Waals surface area contributed by atoms with E-state index in [0.29, 0.717) is 5.02 Å². The number of nitrogens with zero attached hydrogens (tertiary/aromatic N) is 1. The van der Waals surface area contributed by atoms with Crippen LogP contribution >= 0.6 is 11.6 Å². The van der Waals surface area contributed by atoms with E-state index >= 15 is 0 Å². The van der Waals surface area contributed by atoms with Crippen molar-refractivity contribution in [3.63, 3.8) is 0 Å². The highest BCUT2D eigenvalue weighted by Gasteiger charge is 2.11. The molecular formula is C17H28ClNO. The van der Waals surface area contributed by atoms with Crippen molar-refractivity contribution in [1.29, 1.82) is 0 Å². The van der Waals surface area contributed by atoms with Gasteiger partial charge in [-0.2, -0.15) is 0 Å². The summed E-state index contributed by atoms with van der Waals surface area (Å²) in [4.78, 5) is 2.47. The molecular weight excluding hydrogens is 270 g/mol. The SMILES string of the molecule is CCCCN(CCCC)CCC(O)c1cccc(Cl)c1. The van der Waals surface area contributed by atoms with Crippen LogP contribution in [0.4, 0.5) is 0 Å². The first-order chi connectivity index (χ1) is 9.67. The van der Waals surface area contributed by atoms with Crippen molar-refractivity contribution in [2.75, 3.05) is 19.6 Å². The third kappa shape index (κ3) is 6.74. The Morgan fingerprint density at radius 2 is 1.75 bits per heavy atom. The first-order valence-corrected chi connectivity index (χ1v) is 8.21. The molecule has 0 saturated heterocycles. The van der Waals surface area contributed by atoms with E-state index in [1.165, 1.54) is 25.7 Å². The number of hydrogen-bond donors (Lipinski definition) is 1. The fourth-order valence-corrected chi connectivity index (χ4v) is 2.48. The second-order valence-corrected chi connectivity index (χ2v) is 5.84. The third-order valence-corrected chi connectivity index (χ3v) is 3.84. The topological polar surface area (TPSA) is 23.5 Å². The molecule has 0 aliphatic carbocycles. The Kier molecular flexibility index (Phi) is 8.92. The Balaban J connectivity index is 2.44. The van der Waals surface area contributed by atoms with Crippen molar-refractivity contribution in [2.45, 2.75) is 52.1 Å². The second-order valence-electron chi connectivity index (χ2n) is 5.41. The summed E-state index contributed by atoms with van der Waals surface area (Å²) in [5, 5.41) is 10.9. The number of rotatable bonds is 10. The van der Waals surface area contributed by atoms with Crippen LogP contribution in [0.1, 0.15) is 57.6 Å². The maximum Gasteiger partial charge on any atom is 0.0802 e. The number of hydrogen-bond acceptors (Lipinski definition) is 2. The monoisotopic (exact) mass is 297 g/mol. The van der Waals surface area contributed by atoms with Crippen molar-refractivity contribution < 1.29 is 5.11 Å². The molecule has 1 N–H and O–H groups in total. The van der Waals surface area contributed by atoms with Crippen LogP contribution < -0.4 is 0 Å². The van der Waals surface area contributed by atoms with Crippen molar-refractivity contribution in [2.24, 2.45) is 0 Å². The minimum atomic E-state index is -0.417. The molecule has 0 radical (unpaired) electrons. The van der Waals surface area contributed by atoms with Gasteiger partial charge in [-0.25, -0.2) is 0 Å². The van der Waals surface area contributed by atoms with Gasteiger partial charge in [-0.15, -0.1) is 0 Å². The third-order valence-electron chi connectivity index (χ3n) is 3.61. The summed E-state index contributed by atoms with van der Waals surface area (Å²) in [7, 11) is 0. The van der Waals surface area contributed by atoms with Crippen LogP contribution in [0.5, 0.6) is 0 Å². The zero-order chi connectivity index (χ0) is 14.8. The number of aliphatic hydroxyl groups excluding tert-OH is 1. The highest BCUT2D eigenvalue weighted by Crippen LogP contribution is 2.20. The van der Waals surface area contributed by atoms with Crippen LogP contribution in [-0.4, -0.2) is 29.6 Å². The van der Waals surface area contributed by atoms with Crippen LogP contribution in [-0.2, 0) is 0 Å². The van der Waals surface area contributed by atoms with Crippen molar-refractivity contribution in [3.05, 3.63) is 34.9 Å². The fraction of sp³-hybridized carbons (Fsp3) is 0.647. The molecule has 1 aromatic rings. The molecule has 3 heteroatoms. The fourth-order valence-electron chi connectivity index (χ4n) is 2.28. The lowest BCUT2D eigenvalue weighted by molar-refractivity contribution is 0.140. The van der Waals surface area contributed by atoms with Gasteiger partial charge in [0, 0.05) is 11.6 Å². The van der Waals surface area contributed by atoms with Gasteiger partial charge in [0.05, 0.1) is 6.10 Å². The van der Waals surface area contributed by atoms with Gasteiger partial charge in [-0.1, -0.05) is 50.4 Å². The Bertz CT molecular complexity index is 362. The average Bonchev–Trinajstić information content (AvgIpc) is 2.46. The van der Waals surface area contributed by atoms with Crippen molar-refractivity contribution in [3.8, 4) is 0 Å². The molecule has 0 bridgehead atoms. The molecule has 0 aliphatic heterocycles. The summed E-state index contributed by atoms with van der Waals surface area (Å²) in [6, 6.07) is 7.53. The lowest BCUT2D eigenvalue weighted by Gasteiger charge is -2.23. The van der Waals surface area contributed by atoms with E-state index in [2.05, 4.69) is 18.7 Å². The predicted molar refractivity (Wildman–Crippen MR) is 87.3 cm³/mol. The largest absolute Gasteiger partial charge is 0.388 e. The lowest BCUT2D eigenvalue weighted by Crippen LogP contribution is -2.28. The molecule has 1 unspecified atom stereocenters. The summed E-state index contributed by atoms with van der Waals surface area (Å²) >= 11 is 5.97. The standard InChI is InChI=1S/C17H28ClNO/c1-3-5-11-19(12-6-4-2)13-10-17(20)15-8-7-9-16(18)14-15/h7-9,14,17,20H,3-6,10-13H2,1-2H3. The van der Waals surface area contributed by atoms with Crippen LogP contribution in [0, 0.1) is 0 Å². The second kappa shape index (κ2) is 10.2. The molecule has 1 aromatic carbocycles. The van der Waals surface area contributed by atoms with Crippen LogP contribution in [0.25, 0.3) is 0 Å². The highest BCUT2D eigenvalue weighted by molar-refractivity contribution is 6.30. The van der Waals surface area contributed by atoms with E-state index in [1.807, 2.05) is 24.3 Å². The molecule has 0 spiro atoms. The van der Waals surface area contributed by atoms with Crippen molar-refractivity contribution in [1.82, 2.24) is 4.90 Å². The maximum absolute atomic E-state index is 10.3. The van der Waals surface area contributed by atoms with Gasteiger partial charge in [-0.05, 0) is 50.0 Å². The molecule has 0 aliphatic rings. The molecule has 114 valence electrons. The first kappa shape index (κ1) is 17.5. The van der Waals surface area contributed by atoms with Gasteiger partial charge in [-0.3, -0.25) is 0 Å². The van der Waals surface area contributed by atoms with E-state index < -0.39 is 6.10 Å². The molecule has 0 fully saturated rings. The zero-order valence-corrected chi connectivity index (χ0v) is 13.6. The number of unbranched alkanes of at least 4 members (excludes halogenated alkanes) is 2. The van der Waals surface area contributed by atoms with Gasteiger partial charge in [0.25, 0.3) is 0 Å². The number of halogens is 1. The van der Waals surface area contributed by atoms with E-state index in [9.17, 15) is 5.11 Å². The lowest BCUT2D eigenvalue weighted by atomic mass is 10.1. The predicted octanol–water partition coefficient (Wildman–Crippen LogP) is 4.67. The molecule has 2 nitrogen and oxygen atoms in total. The zero-order valence-electron chi connectivity index (χ0n) is 12.8. The quantitative estimate of drug-likeness (QED) is 0.678. The summed E-state index contributed by atoms with van der Waals surface area (Å²) in [6.07, 6.45) is 5.26. The van der Waals surface area contributed by atoms with E-state index in [0.717, 1.165) is 31.6 Å². The normalized spacial score (nSPS) is 12.8. The Labute approximate surface area is 128 Å². The average molecular weight is 298 g/mol. The Hall–Kier alpha value is -0.570. The summed E-state index contributed by atoms with van der Waals surface area (Å²) in [5.41, 5.74) is 0.920. The van der Waals surface area contributed by atoms with Crippen LogP contribution in [0.15, 0.2) is 24.3 Å². The smallest absolute Gasteiger partial charge is 0.0802 e. The maximum atomic E-state index is 10.3. The first-order valence-electron chi connectivity index (χ1n) is 7.83. The van der Waals surface area contributed by atoms with Gasteiger partial charge in [0.1, 0.15) is 0 Å². The minimum Gasteiger partial charge on any atom is -0.388 e. The summed E-state index contributed by atoms with van der Waals surface area (Å²) < 4.78 is 0. The number of aliphatic hydroxyl groups is 1. The molecule has 1 atom stereocenters. The van der Waals surface area contributed by atoms with Crippen LogP contribution in [0.3, 0.4) is 0 Å². The van der Waals surface area contributed by atoms with E-state index in [1.54, 1.807) is 0 Å². The van der Waals surface area contributed by atoms with Gasteiger partial charge < -0.3 is 10.0 Å². The highest BCUT2D eigenvalue weighted by atomic mass is 35.5. The number of benzene rings is 1. The molecule has 0 saturated carbocycles. The minimum absolute atomic E-state index is 0.417. The molecule has 0 heterocycles. The summed E-state index contributed by atoms with van der Waals surface area (Å²) in [6.45, 7) is 7.67.